The number of likely N-dealkylation sites (tertiary alicyclic amines) is 1. The van der Waals surface area contributed by atoms with Gasteiger partial charge in [-0.05, 0) is 36.2 Å². The van der Waals surface area contributed by atoms with Crippen LogP contribution in [0, 0.1) is 6.92 Å². The number of hydrogen-bond acceptors (Lipinski definition) is 4. The standard InChI is InChI=1S/C28H28ClN3O/c1-20-7-9-22(10-8-20)25-18-26-24-17-23(29)11-12-27(24)33-28(32(26)30-25)13-15-31(16-14-28)19-21-5-3-2-4-6-21/h2-12,17,26H,13-16,18-19H2,1H3. The molecule has 168 valence electrons. The topological polar surface area (TPSA) is 28.1 Å². The second kappa shape index (κ2) is 8.19. The molecule has 3 aliphatic rings. The van der Waals surface area contributed by atoms with Gasteiger partial charge in [-0.2, -0.15) is 5.10 Å². The monoisotopic (exact) mass is 457 g/mol. The van der Waals surface area contributed by atoms with Crippen molar-refractivity contribution in [3.05, 3.63) is 100 Å². The zero-order valence-corrected chi connectivity index (χ0v) is 19.6. The number of nitrogens with zero attached hydrogens (tertiary/aromatic N) is 3. The van der Waals surface area contributed by atoms with Crippen molar-refractivity contribution in [3.63, 3.8) is 0 Å². The Labute approximate surface area is 200 Å². The first kappa shape index (κ1) is 20.8. The number of hydrogen-bond donors (Lipinski definition) is 0. The fourth-order valence-corrected chi connectivity index (χ4v) is 5.59. The van der Waals surface area contributed by atoms with Gasteiger partial charge in [0.2, 0.25) is 5.72 Å². The van der Waals surface area contributed by atoms with Gasteiger partial charge in [0.1, 0.15) is 5.75 Å². The predicted molar refractivity (Wildman–Crippen MR) is 133 cm³/mol. The number of piperidine rings is 1. The van der Waals surface area contributed by atoms with Crippen LogP contribution in [0.2, 0.25) is 5.02 Å². The number of hydrazone groups is 1. The van der Waals surface area contributed by atoms with Crippen LogP contribution in [0.3, 0.4) is 0 Å². The first-order valence-electron chi connectivity index (χ1n) is 11.8. The zero-order chi connectivity index (χ0) is 22.4. The maximum absolute atomic E-state index is 6.76. The van der Waals surface area contributed by atoms with Gasteiger partial charge in [0.25, 0.3) is 0 Å². The molecule has 3 heterocycles. The Morgan fingerprint density at radius 2 is 1.76 bits per heavy atom. The Hall–Kier alpha value is -2.82. The lowest BCUT2D eigenvalue weighted by atomic mass is 9.90. The highest BCUT2D eigenvalue weighted by atomic mass is 35.5. The minimum Gasteiger partial charge on any atom is -0.466 e. The summed E-state index contributed by atoms with van der Waals surface area (Å²) in [4.78, 5) is 2.52. The third kappa shape index (κ3) is 3.81. The molecule has 1 spiro atoms. The van der Waals surface area contributed by atoms with E-state index in [4.69, 9.17) is 21.4 Å². The fourth-order valence-electron chi connectivity index (χ4n) is 5.41. The minimum absolute atomic E-state index is 0.157. The first-order chi connectivity index (χ1) is 16.1. The molecule has 3 aliphatic heterocycles. The normalized spacial score (nSPS) is 21.3. The second-order valence-corrected chi connectivity index (χ2v) is 9.91. The molecule has 3 aromatic rings. The summed E-state index contributed by atoms with van der Waals surface area (Å²) in [6.07, 6.45) is 2.71. The van der Waals surface area contributed by atoms with Crippen molar-refractivity contribution in [1.29, 1.82) is 0 Å². The number of halogens is 1. The van der Waals surface area contributed by atoms with E-state index in [0.29, 0.717) is 0 Å². The molecular weight excluding hydrogens is 430 g/mol. The Kier molecular flexibility index (Phi) is 5.16. The molecule has 5 heteroatoms. The van der Waals surface area contributed by atoms with Crippen molar-refractivity contribution in [1.82, 2.24) is 9.91 Å². The molecule has 1 atom stereocenters. The molecule has 0 amide bonds. The molecule has 1 fully saturated rings. The van der Waals surface area contributed by atoms with Gasteiger partial charge in [-0.15, -0.1) is 0 Å². The molecule has 3 aromatic carbocycles. The van der Waals surface area contributed by atoms with E-state index in [2.05, 4.69) is 77.5 Å². The number of fused-ring (bicyclic) bond motifs is 4. The van der Waals surface area contributed by atoms with Crippen LogP contribution in [0.1, 0.15) is 47.6 Å². The molecule has 33 heavy (non-hydrogen) atoms. The Balaban J connectivity index is 1.31. The lowest BCUT2D eigenvalue weighted by Crippen LogP contribution is -2.59. The third-order valence-electron chi connectivity index (χ3n) is 7.23. The van der Waals surface area contributed by atoms with Crippen molar-refractivity contribution < 1.29 is 4.74 Å². The molecule has 6 rings (SSSR count). The number of aryl methyl sites for hydroxylation is 1. The predicted octanol–water partition coefficient (Wildman–Crippen LogP) is 6.18. The molecule has 0 bridgehead atoms. The number of benzene rings is 3. The van der Waals surface area contributed by atoms with E-state index in [1.54, 1.807) is 0 Å². The van der Waals surface area contributed by atoms with Gasteiger partial charge in [0.15, 0.2) is 0 Å². The van der Waals surface area contributed by atoms with Crippen LogP contribution in [0.15, 0.2) is 77.9 Å². The van der Waals surface area contributed by atoms with Crippen LogP contribution in [-0.2, 0) is 6.54 Å². The highest BCUT2D eigenvalue weighted by Gasteiger charge is 2.51. The molecule has 0 aromatic heterocycles. The van der Waals surface area contributed by atoms with Crippen LogP contribution in [0.5, 0.6) is 5.75 Å². The summed E-state index contributed by atoms with van der Waals surface area (Å²) >= 11 is 6.39. The minimum atomic E-state index is -0.412. The average Bonchev–Trinajstić information content (AvgIpc) is 3.29. The lowest BCUT2D eigenvalue weighted by molar-refractivity contribution is -0.150. The van der Waals surface area contributed by atoms with E-state index in [9.17, 15) is 0 Å². The van der Waals surface area contributed by atoms with Gasteiger partial charge in [0.05, 0.1) is 11.8 Å². The van der Waals surface area contributed by atoms with E-state index in [-0.39, 0.29) is 6.04 Å². The summed E-state index contributed by atoms with van der Waals surface area (Å²) in [5.74, 6) is 0.956. The van der Waals surface area contributed by atoms with Crippen molar-refractivity contribution in [2.24, 2.45) is 5.10 Å². The van der Waals surface area contributed by atoms with Crippen LogP contribution in [0.25, 0.3) is 0 Å². The molecule has 0 saturated carbocycles. The highest BCUT2D eigenvalue weighted by Crippen LogP contribution is 2.50. The van der Waals surface area contributed by atoms with Crippen LogP contribution in [-0.4, -0.2) is 34.4 Å². The smallest absolute Gasteiger partial charge is 0.200 e. The maximum Gasteiger partial charge on any atom is 0.200 e. The summed E-state index contributed by atoms with van der Waals surface area (Å²) in [5.41, 5.74) is 5.67. The van der Waals surface area contributed by atoms with Gasteiger partial charge in [-0.1, -0.05) is 71.8 Å². The van der Waals surface area contributed by atoms with Gasteiger partial charge in [-0.3, -0.25) is 4.90 Å². The largest absolute Gasteiger partial charge is 0.466 e. The van der Waals surface area contributed by atoms with Crippen LogP contribution < -0.4 is 4.74 Å². The van der Waals surface area contributed by atoms with E-state index >= 15 is 0 Å². The van der Waals surface area contributed by atoms with Crippen LogP contribution >= 0.6 is 11.6 Å². The Bertz CT molecular complexity index is 1180. The Morgan fingerprint density at radius 3 is 2.52 bits per heavy atom. The third-order valence-corrected chi connectivity index (χ3v) is 7.46. The SMILES string of the molecule is Cc1ccc(C2=NN3C(C2)c2cc(Cl)ccc2OC32CCN(Cc3ccccc3)CC2)cc1. The second-order valence-electron chi connectivity index (χ2n) is 9.47. The Morgan fingerprint density at radius 1 is 1.00 bits per heavy atom. The number of rotatable bonds is 3. The van der Waals surface area contributed by atoms with E-state index < -0.39 is 5.72 Å². The quantitative estimate of drug-likeness (QED) is 0.469. The van der Waals surface area contributed by atoms with Crippen molar-refractivity contribution in [3.8, 4) is 5.75 Å². The number of ether oxygens (including phenoxy) is 1. The highest BCUT2D eigenvalue weighted by molar-refractivity contribution is 6.30. The van der Waals surface area contributed by atoms with E-state index in [0.717, 1.165) is 60.9 Å². The van der Waals surface area contributed by atoms with Gasteiger partial charge in [0, 0.05) is 49.5 Å². The van der Waals surface area contributed by atoms with Crippen molar-refractivity contribution in [2.75, 3.05) is 13.1 Å². The molecule has 1 saturated heterocycles. The van der Waals surface area contributed by atoms with Crippen molar-refractivity contribution >= 4 is 17.3 Å². The lowest BCUT2D eigenvalue weighted by Gasteiger charge is -2.51. The van der Waals surface area contributed by atoms with Crippen LogP contribution in [0.4, 0.5) is 0 Å². The summed E-state index contributed by atoms with van der Waals surface area (Å²) in [6.45, 7) is 5.06. The van der Waals surface area contributed by atoms with E-state index in [1.165, 1.54) is 16.7 Å². The summed E-state index contributed by atoms with van der Waals surface area (Å²) in [6, 6.07) is 25.6. The molecular formula is C28H28ClN3O. The summed E-state index contributed by atoms with van der Waals surface area (Å²) < 4.78 is 6.76. The average molecular weight is 458 g/mol. The maximum atomic E-state index is 6.76. The summed E-state index contributed by atoms with van der Waals surface area (Å²) in [7, 11) is 0. The molecule has 0 aliphatic carbocycles. The van der Waals surface area contributed by atoms with Gasteiger partial charge < -0.3 is 4.74 Å². The fraction of sp³-hybridized carbons (Fsp3) is 0.321. The van der Waals surface area contributed by atoms with Gasteiger partial charge >= 0.3 is 0 Å². The first-order valence-corrected chi connectivity index (χ1v) is 12.2. The van der Waals surface area contributed by atoms with Crippen molar-refractivity contribution in [2.45, 2.75) is 44.5 Å². The zero-order valence-electron chi connectivity index (χ0n) is 18.9. The molecule has 0 radical (unpaired) electrons. The summed E-state index contributed by atoms with van der Waals surface area (Å²) in [5, 5.41) is 8.20. The molecule has 4 nitrogen and oxygen atoms in total. The molecule has 0 N–H and O–H groups in total. The molecule has 1 unspecified atom stereocenters. The van der Waals surface area contributed by atoms with E-state index in [1.807, 2.05) is 12.1 Å². The van der Waals surface area contributed by atoms with Gasteiger partial charge in [-0.25, -0.2) is 5.01 Å².